The lowest BCUT2D eigenvalue weighted by molar-refractivity contribution is 0.00752. The van der Waals surface area contributed by atoms with Crippen LogP contribution in [0.1, 0.15) is 33.1 Å². The van der Waals surface area contributed by atoms with Crippen LogP contribution in [0.4, 0.5) is 0 Å². The van der Waals surface area contributed by atoms with Crippen molar-refractivity contribution in [3.05, 3.63) is 0 Å². The van der Waals surface area contributed by atoms with Crippen molar-refractivity contribution in [2.45, 2.75) is 39.2 Å². The first-order valence-electron chi connectivity index (χ1n) is 9.69. The molecule has 2 heterocycles. The monoisotopic (exact) mass is 339 g/mol. The predicted octanol–water partition coefficient (Wildman–Crippen LogP) is 0.994. The molecule has 1 atom stereocenters. The van der Waals surface area contributed by atoms with E-state index in [0.717, 1.165) is 51.9 Å². The third kappa shape index (κ3) is 6.57. The van der Waals surface area contributed by atoms with Crippen LogP contribution < -0.4 is 10.6 Å². The summed E-state index contributed by atoms with van der Waals surface area (Å²) < 4.78 is 5.48. The van der Waals surface area contributed by atoms with Crippen molar-refractivity contribution in [3.63, 3.8) is 0 Å². The Morgan fingerprint density at radius 2 is 1.75 bits per heavy atom. The first-order valence-corrected chi connectivity index (χ1v) is 9.69. The Hall–Kier alpha value is -0.850. The molecule has 2 N–H and O–H groups in total. The fourth-order valence-electron chi connectivity index (χ4n) is 3.63. The summed E-state index contributed by atoms with van der Waals surface area (Å²) in [5.74, 6) is 1.54. The summed E-state index contributed by atoms with van der Waals surface area (Å²) >= 11 is 0. The molecule has 0 aromatic heterocycles. The first-order chi connectivity index (χ1) is 11.7. The maximum Gasteiger partial charge on any atom is 0.191 e. The smallest absolute Gasteiger partial charge is 0.191 e. The van der Waals surface area contributed by atoms with E-state index in [0.29, 0.717) is 12.0 Å². The maximum absolute atomic E-state index is 5.48. The van der Waals surface area contributed by atoms with Gasteiger partial charge in [-0.3, -0.25) is 9.89 Å². The Bertz CT molecular complexity index is 362. The highest BCUT2D eigenvalue weighted by Crippen LogP contribution is 2.12. The second kappa shape index (κ2) is 10.9. The van der Waals surface area contributed by atoms with Crippen LogP contribution in [0.5, 0.6) is 0 Å². The number of morpholine rings is 1. The lowest BCUT2D eigenvalue weighted by Gasteiger charge is -2.37. The number of guanidine groups is 1. The molecule has 6 nitrogen and oxygen atoms in total. The molecule has 2 fully saturated rings. The molecular formula is C18H37N5O. The molecule has 24 heavy (non-hydrogen) atoms. The minimum absolute atomic E-state index is 0.523. The SMILES string of the molecule is CN=C(NCCN1CCCCC1)NCC(C(C)C)N1CCOCC1. The van der Waals surface area contributed by atoms with E-state index in [9.17, 15) is 0 Å². The van der Waals surface area contributed by atoms with Gasteiger partial charge >= 0.3 is 0 Å². The molecule has 1 unspecified atom stereocenters. The van der Waals surface area contributed by atoms with E-state index in [4.69, 9.17) is 4.74 Å². The average molecular weight is 340 g/mol. The van der Waals surface area contributed by atoms with Crippen LogP contribution in [0.2, 0.25) is 0 Å². The van der Waals surface area contributed by atoms with Crippen LogP contribution in [0.3, 0.4) is 0 Å². The largest absolute Gasteiger partial charge is 0.379 e. The Morgan fingerprint density at radius 1 is 1.04 bits per heavy atom. The van der Waals surface area contributed by atoms with Crippen LogP contribution in [0, 0.1) is 5.92 Å². The normalized spacial score (nSPS) is 22.6. The van der Waals surface area contributed by atoms with Gasteiger partial charge in [-0.05, 0) is 31.8 Å². The third-order valence-electron chi connectivity index (χ3n) is 5.16. The topological polar surface area (TPSA) is 52.1 Å². The lowest BCUT2D eigenvalue weighted by Crippen LogP contribution is -2.53. The number of hydrogen-bond donors (Lipinski definition) is 2. The van der Waals surface area contributed by atoms with Crippen molar-refractivity contribution < 1.29 is 4.74 Å². The number of likely N-dealkylation sites (tertiary alicyclic amines) is 1. The van der Waals surface area contributed by atoms with Gasteiger partial charge in [-0.1, -0.05) is 20.3 Å². The van der Waals surface area contributed by atoms with Crippen LogP contribution in [-0.4, -0.2) is 87.9 Å². The van der Waals surface area contributed by atoms with Crippen LogP contribution in [-0.2, 0) is 4.74 Å². The quantitative estimate of drug-likeness (QED) is 0.535. The molecule has 6 heteroatoms. The Balaban J connectivity index is 1.70. The van der Waals surface area contributed by atoms with Crippen molar-refractivity contribution in [1.82, 2.24) is 20.4 Å². The molecule has 2 aliphatic rings. The predicted molar refractivity (Wildman–Crippen MR) is 101 cm³/mol. The number of aliphatic imine (C=N–C) groups is 1. The van der Waals surface area contributed by atoms with Crippen molar-refractivity contribution >= 4 is 5.96 Å². The van der Waals surface area contributed by atoms with E-state index >= 15 is 0 Å². The number of nitrogens with zero attached hydrogens (tertiary/aromatic N) is 3. The summed E-state index contributed by atoms with van der Waals surface area (Å²) in [7, 11) is 1.86. The van der Waals surface area contributed by atoms with Crippen LogP contribution in [0.15, 0.2) is 4.99 Å². The summed E-state index contributed by atoms with van der Waals surface area (Å²) in [6.45, 7) is 13.9. The molecule has 0 radical (unpaired) electrons. The number of hydrogen-bond acceptors (Lipinski definition) is 4. The highest BCUT2D eigenvalue weighted by atomic mass is 16.5. The zero-order chi connectivity index (χ0) is 17.2. The van der Waals surface area contributed by atoms with E-state index < -0.39 is 0 Å². The Kier molecular flexibility index (Phi) is 8.84. The van der Waals surface area contributed by atoms with Gasteiger partial charge < -0.3 is 20.3 Å². The fourth-order valence-corrected chi connectivity index (χ4v) is 3.63. The van der Waals surface area contributed by atoms with Gasteiger partial charge in [0.05, 0.1) is 13.2 Å². The van der Waals surface area contributed by atoms with Crippen LogP contribution >= 0.6 is 0 Å². The van der Waals surface area contributed by atoms with Gasteiger partial charge in [0.2, 0.25) is 0 Å². The number of ether oxygens (including phenoxy) is 1. The molecule has 0 bridgehead atoms. The van der Waals surface area contributed by atoms with Gasteiger partial charge in [-0.15, -0.1) is 0 Å². The first kappa shape index (κ1) is 19.5. The lowest BCUT2D eigenvalue weighted by atomic mass is 10.0. The summed E-state index contributed by atoms with van der Waals surface area (Å²) in [4.78, 5) is 9.47. The summed E-state index contributed by atoms with van der Waals surface area (Å²) in [6.07, 6.45) is 4.09. The van der Waals surface area contributed by atoms with Crippen molar-refractivity contribution in [2.24, 2.45) is 10.9 Å². The van der Waals surface area contributed by atoms with Crippen LogP contribution in [0.25, 0.3) is 0 Å². The molecule has 2 rings (SSSR count). The second-order valence-electron chi connectivity index (χ2n) is 7.24. The molecule has 0 aromatic rings. The van der Waals surface area contributed by atoms with E-state index in [-0.39, 0.29) is 0 Å². The fraction of sp³-hybridized carbons (Fsp3) is 0.944. The van der Waals surface area contributed by atoms with Gasteiger partial charge in [-0.2, -0.15) is 0 Å². The number of nitrogens with one attached hydrogen (secondary N) is 2. The molecule has 140 valence electrons. The standard InChI is InChI=1S/C18H37N5O/c1-16(2)17(23-11-13-24-14-12-23)15-21-18(19-3)20-7-10-22-8-5-4-6-9-22/h16-17H,4-15H2,1-3H3,(H2,19,20,21). The van der Waals surface area contributed by atoms with Crippen molar-refractivity contribution in [1.29, 1.82) is 0 Å². The van der Waals surface area contributed by atoms with E-state index in [1.807, 2.05) is 7.05 Å². The average Bonchev–Trinajstić information content (AvgIpc) is 2.62. The van der Waals surface area contributed by atoms with Gasteiger partial charge in [-0.25, -0.2) is 0 Å². The summed E-state index contributed by atoms with van der Waals surface area (Å²) in [5, 5.41) is 6.99. The van der Waals surface area contributed by atoms with Gasteiger partial charge in [0.15, 0.2) is 5.96 Å². The maximum atomic E-state index is 5.48. The van der Waals surface area contributed by atoms with Crippen molar-refractivity contribution in [2.75, 3.05) is 66.1 Å². The van der Waals surface area contributed by atoms with Gasteiger partial charge in [0.1, 0.15) is 0 Å². The highest BCUT2D eigenvalue weighted by molar-refractivity contribution is 5.79. The summed E-state index contributed by atoms with van der Waals surface area (Å²) in [6, 6.07) is 0.523. The van der Waals surface area contributed by atoms with E-state index in [2.05, 4.69) is 39.3 Å². The zero-order valence-corrected chi connectivity index (χ0v) is 15.9. The molecule has 0 amide bonds. The van der Waals surface area contributed by atoms with E-state index in [1.54, 1.807) is 0 Å². The molecule has 0 aromatic carbocycles. The highest BCUT2D eigenvalue weighted by Gasteiger charge is 2.23. The summed E-state index contributed by atoms with van der Waals surface area (Å²) in [5.41, 5.74) is 0. The second-order valence-corrected chi connectivity index (χ2v) is 7.24. The molecule has 0 aliphatic carbocycles. The Labute approximate surface area is 148 Å². The molecule has 2 aliphatic heterocycles. The molecule has 0 spiro atoms. The minimum Gasteiger partial charge on any atom is -0.379 e. The molecular weight excluding hydrogens is 302 g/mol. The number of piperidine rings is 1. The van der Waals surface area contributed by atoms with Gasteiger partial charge in [0.25, 0.3) is 0 Å². The Morgan fingerprint density at radius 3 is 2.38 bits per heavy atom. The minimum atomic E-state index is 0.523. The van der Waals surface area contributed by atoms with Gasteiger partial charge in [0, 0.05) is 45.8 Å². The van der Waals surface area contributed by atoms with Crippen molar-refractivity contribution in [3.8, 4) is 0 Å². The number of rotatable bonds is 7. The molecule has 0 saturated carbocycles. The van der Waals surface area contributed by atoms with E-state index in [1.165, 1.54) is 32.4 Å². The molecule has 2 saturated heterocycles. The zero-order valence-electron chi connectivity index (χ0n) is 15.9. The third-order valence-corrected chi connectivity index (χ3v) is 5.16.